The van der Waals surface area contributed by atoms with E-state index in [2.05, 4.69) is 37.4 Å². The standard InChI is InChI=1S/C13H20O2Si/c1-12(2,14)13(10-15-13)16(3,4)11-8-6-5-7-9-11/h5-9,14H,10H2,1-4H3/t13-/m0/s1. The average molecular weight is 236 g/mol. The highest BCUT2D eigenvalue weighted by atomic mass is 28.3. The lowest BCUT2D eigenvalue weighted by atomic mass is 10.1. The highest BCUT2D eigenvalue weighted by molar-refractivity contribution is 6.93. The van der Waals surface area contributed by atoms with Gasteiger partial charge < -0.3 is 9.84 Å². The van der Waals surface area contributed by atoms with Crippen LogP contribution in [-0.2, 0) is 4.74 Å². The molecule has 0 unspecified atom stereocenters. The molecule has 1 aromatic rings. The molecule has 0 bridgehead atoms. The maximum Gasteiger partial charge on any atom is 0.124 e. The van der Waals surface area contributed by atoms with Gasteiger partial charge in [0.05, 0.1) is 12.2 Å². The maximum atomic E-state index is 10.3. The summed E-state index contributed by atoms with van der Waals surface area (Å²) in [7, 11) is -1.80. The van der Waals surface area contributed by atoms with Crippen LogP contribution in [0.3, 0.4) is 0 Å². The summed E-state index contributed by atoms with van der Waals surface area (Å²) in [6.07, 6.45) is 0. The summed E-state index contributed by atoms with van der Waals surface area (Å²) in [4.78, 5) is 0. The zero-order valence-electron chi connectivity index (χ0n) is 10.4. The van der Waals surface area contributed by atoms with Gasteiger partial charge in [0, 0.05) is 0 Å². The van der Waals surface area contributed by atoms with E-state index in [1.54, 1.807) is 0 Å². The van der Waals surface area contributed by atoms with Gasteiger partial charge in [0.25, 0.3) is 0 Å². The molecule has 88 valence electrons. The summed E-state index contributed by atoms with van der Waals surface area (Å²) in [5.74, 6) is 0. The predicted octanol–water partition coefficient (Wildman–Crippen LogP) is 1.68. The van der Waals surface area contributed by atoms with Crippen LogP contribution >= 0.6 is 0 Å². The second kappa shape index (κ2) is 3.42. The lowest BCUT2D eigenvalue weighted by molar-refractivity contribution is 0.0263. The Kier molecular flexibility index (Phi) is 2.53. The molecular formula is C13H20O2Si. The Labute approximate surface area is 98.3 Å². The zero-order chi connectivity index (χ0) is 12.0. The van der Waals surface area contributed by atoms with Crippen molar-refractivity contribution in [3.05, 3.63) is 30.3 Å². The van der Waals surface area contributed by atoms with Crippen LogP contribution in [0.4, 0.5) is 0 Å². The van der Waals surface area contributed by atoms with Crippen molar-refractivity contribution in [3.8, 4) is 0 Å². The van der Waals surface area contributed by atoms with Gasteiger partial charge in [-0.05, 0) is 13.8 Å². The fourth-order valence-corrected chi connectivity index (χ4v) is 6.45. The lowest BCUT2D eigenvalue weighted by Gasteiger charge is -2.38. The van der Waals surface area contributed by atoms with Crippen LogP contribution in [-0.4, -0.2) is 30.6 Å². The number of ether oxygens (including phenoxy) is 1. The molecule has 0 amide bonds. The summed E-state index contributed by atoms with van der Waals surface area (Å²) in [5, 5.41) is 11.3. The average Bonchev–Trinajstić information content (AvgIpc) is 2.98. The second-order valence-electron chi connectivity index (χ2n) is 5.67. The third kappa shape index (κ3) is 1.54. The van der Waals surface area contributed by atoms with Crippen LogP contribution in [0.2, 0.25) is 13.1 Å². The molecule has 1 aliphatic heterocycles. The van der Waals surface area contributed by atoms with Gasteiger partial charge in [0.15, 0.2) is 0 Å². The normalized spacial score (nSPS) is 25.6. The molecule has 0 saturated carbocycles. The molecule has 1 aromatic carbocycles. The molecule has 1 atom stereocenters. The first-order valence-corrected chi connectivity index (χ1v) is 8.73. The van der Waals surface area contributed by atoms with E-state index >= 15 is 0 Å². The second-order valence-corrected chi connectivity index (χ2v) is 10.3. The van der Waals surface area contributed by atoms with Gasteiger partial charge in [-0.25, -0.2) is 0 Å². The van der Waals surface area contributed by atoms with Crippen molar-refractivity contribution in [3.63, 3.8) is 0 Å². The van der Waals surface area contributed by atoms with Gasteiger partial charge in [-0.3, -0.25) is 0 Å². The first-order valence-electron chi connectivity index (χ1n) is 5.73. The molecule has 16 heavy (non-hydrogen) atoms. The van der Waals surface area contributed by atoms with Gasteiger partial charge in [0.2, 0.25) is 0 Å². The van der Waals surface area contributed by atoms with Gasteiger partial charge in [-0.15, -0.1) is 0 Å². The third-order valence-electron chi connectivity index (χ3n) is 3.93. The van der Waals surface area contributed by atoms with Crippen LogP contribution in [0.1, 0.15) is 13.8 Å². The van der Waals surface area contributed by atoms with Gasteiger partial charge in [0.1, 0.15) is 13.3 Å². The fraction of sp³-hybridized carbons (Fsp3) is 0.538. The van der Waals surface area contributed by atoms with Gasteiger partial charge >= 0.3 is 0 Å². The van der Waals surface area contributed by atoms with Crippen LogP contribution in [0, 0.1) is 0 Å². The van der Waals surface area contributed by atoms with Crippen LogP contribution in [0.25, 0.3) is 0 Å². The Bertz CT molecular complexity index is 375. The van der Waals surface area contributed by atoms with Crippen LogP contribution in [0.5, 0.6) is 0 Å². The van der Waals surface area contributed by atoms with E-state index < -0.39 is 13.7 Å². The maximum absolute atomic E-state index is 10.3. The lowest BCUT2D eigenvalue weighted by Crippen LogP contribution is -2.64. The Balaban J connectivity index is 2.41. The fourth-order valence-electron chi connectivity index (χ4n) is 2.64. The third-order valence-corrected chi connectivity index (χ3v) is 8.62. The number of hydrogen-bond donors (Lipinski definition) is 1. The quantitative estimate of drug-likeness (QED) is 0.640. The Morgan fingerprint density at radius 2 is 1.75 bits per heavy atom. The van der Waals surface area contributed by atoms with E-state index in [4.69, 9.17) is 4.74 Å². The van der Waals surface area contributed by atoms with Crippen LogP contribution in [0.15, 0.2) is 30.3 Å². The van der Waals surface area contributed by atoms with Crippen molar-refractivity contribution < 1.29 is 9.84 Å². The molecule has 1 saturated heterocycles. The SMILES string of the molecule is CC(C)(O)[C@@]1([Si](C)(C)c2ccccc2)CO1. The van der Waals surface area contributed by atoms with Gasteiger partial charge in [-0.1, -0.05) is 48.6 Å². The summed E-state index contributed by atoms with van der Waals surface area (Å²) in [5.41, 5.74) is -0.765. The van der Waals surface area contributed by atoms with E-state index in [0.717, 1.165) is 0 Å². The molecule has 0 aliphatic carbocycles. The number of hydrogen-bond acceptors (Lipinski definition) is 2. The smallest absolute Gasteiger partial charge is 0.124 e. The molecule has 2 rings (SSSR count). The largest absolute Gasteiger partial charge is 0.388 e. The Morgan fingerprint density at radius 1 is 1.25 bits per heavy atom. The molecule has 3 heteroatoms. The predicted molar refractivity (Wildman–Crippen MR) is 68.5 cm³/mol. The minimum absolute atomic E-state index is 0.318. The number of epoxide rings is 1. The van der Waals surface area contributed by atoms with Crippen LogP contribution < -0.4 is 5.19 Å². The monoisotopic (exact) mass is 236 g/mol. The summed E-state index contributed by atoms with van der Waals surface area (Å²) >= 11 is 0. The van der Waals surface area contributed by atoms with E-state index in [1.165, 1.54) is 5.19 Å². The molecule has 0 spiro atoms. The van der Waals surface area contributed by atoms with E-state index in [0.29, 0.717) is 6.61 Å². The summed E-state index contributed by atoms with van der Waals surface area (Å²) in [6.45, 7) is 8.95. The first kappa shape index (κ1) is 11.8. The van der Waals surface area contributed by atoms with E-state index in [9.17, 15) is 5.11 Å². The number of benzene rings is 1. The minimum atomic E-state index is -1.80. The molecule has 1 N–H and O–H groups in total. The molecule has 2 nitrogen and oxygen atoms in total. The van der Waals surface area contributed by atoms with E-state index in [-0.39, 0.29) is 5.22 Å². The number of aliphatic hydroxyl groups is 1. The van der Waals surface area contributed by atoms with Crippen molar-refractivity contribution >= 4 is 13.3 Å². The molecule has 1 aliphatic rings. The van der Waals surface area contributed by atoms with Crippen molar-refractivity contribution in [1.29, 1.82) is 0 Å². The first-order chi connectivity index (χ1) is 7.31. The van der Waals surface area contributed by atoms with Crippen molar-refractivity contribution in [1.82, 2.24) is 0 Å². The highest BCUT2D eigenvalue weighted by Gasteiger charge is 2.66. The molecular weight excluding hydrogens is 216 g/mol. The Hall–Kier alpha value is -0.643. The van der Waals surface area contributed by atoms with Crippen molar-refractivity contribution in [2.75, 3.05) is 6.61 Å². The van der Waals surface area contributed by atoms with Gasteiger partial charge in [-0.2, -0.15) is 0 Å². The minimum Gasteiger partial charge on any atom is -0.388 e. The topological polar surface area (TPSA) is 32.8 Å². The molecule has 0 aromatic heterocycles. The van der Waals surface area contributed by atoms with Crippen molar-refractivity contribution in [2.24, 2.45) is 0 Å². The number of rotatable bonds is 3. The Morgan fingerprint density at radius 3 is 2.12 bits per heavy atom. The summed E-state index contributed by atoms with van der Waals surface area (Å²) in [6, 6.07) is 10.5. The van der Waals surface area contributed by atoms with E-state index in [1.807, 2.05) is 19.9 Å². The molecule has 0 radical (unpaired) electrons. The van der Waals surface area contributed by atoms with Crippen molar-refractivity contribution in [2.45, 2.75) is 37.8 Å². The zero-order valence-corrected chi connectivity index (χ0v) is 11.4. The molecule has 1 fully saturated rings. The summed E-state index contributed by atoms with van der Waals surface area (Å²) < 4.78 is 5.69. The highest BCUT2D eigenvalue weighted by Crippen LogP contribution is 2.45. The molecule has 1 heterocycles.